The van der Waals surface area contributed by atoms with Crippen molar-refractivity contribution in [2.24, 2.45) is 0 Å². The summed E-state index contributed by atoms with van der Waals surface area (Å²) in [4.78, 5) is 25.0. The van der Waals surface area contributed by atoms with Crippen molar-refractivity contribution < 1.29 is 13.6 Å². The molecule has 38 heavy (non-hydrogen) atoms. The molecule has 7 nitrogen and oxygen atoms in total. The number of carbonyl (C=O) groups excluding carboxylic acids is 1. The number of fused-ring (bicyclic) bond motifs is 1. The zero-order valence-electron chi connectivity index (χ0n) is 20.3. The third kappa shape index (κ3) is 4.76. The van der Waals surface area contributed by atoms with E-state index in [1.54, 1.807) is 18.6 Å². The van der Waals surface area contributed by atoms with Crippen molar-refractivity contribution in [1.82, 2.24) is 24.7 Å². The smallest absolute Gasteiger partial charge is 0.180 e. The number of carbonyl (C=O) groups is 1. The summed E-state index contributed by atoms with van der Waals surface area (Å²) < 4.78 is 30.4. The van der Waals surface area contributed by atoms with E-state index in [4.69, 9.17) is 4.98 Å². The molecule has 190 valence electrons. The highest BCUT2D eigenvalue weighted by atomic mass is 19.1. The van der Waals surface area contributed by atoms with Gasteiger partial charge < -0.3 is 15.4 Å². The van der Waals surface area contributed by atoms with Crippen molar-refractivity contribution in [3.05, 3.63) is 102 Å². The second-order valence-electron chi connectivity index (χ2n) is 9.28. The summed E-state index contributed by atoms with van der Waals surface area (Å²) in [5, 5.41) is 6.43. The highest BCUT2D eigenvalue weighted by Crippen LogP contribution is 2.29. The number of aromatic nitrogens is 4. The Bertz CT molecular complexity index is 1580. The fraction of sp³-hybridized carbons (Fsp3) is 0.172. The van der Waals surface area contributed by atoms with Gasteiger partial charge in [-0.05, 0) is 42.7 Å². The van der Waals surface area contributed by atoms with E-state index in [0.717, 1.165) is 41.5 Å². The number of nitrogens with one attached hydrogen (secondary N) is 2. The maximum absolute atomic E-state index is 14.3. The number of imidazole rings is 1. The Morgan fingerprint density at radius 2 is 1.74 bits per heavy atom. The quantitative estimate of drug-likeness (QED) is 0.261. The van der Waals surface area contributed by atoms with Crippen molar-refractivity contribution in [1.29, 1.82) is 0 Å². The van der Waals surface area contributed by atoms with Gasteiger partial charge in [0.15, 0.2) is 11.5 Å². The molecular formula is C29H24F2N6O. The van der Waals surface area contributed by atoms with Crippen LogP contribution in [0.5, 0.6) is 0 Å². The molecule has 9 heteroatoms. The van der Waals surface area contributed by atoms with Crippen molar-refractivity contribution in [2.75, 3.05) is 5.32 Å². The largest absolute Gasteiger partial charge is 0.363 e. The number of nitrogens with zero attached hydrogens (tertiary/aromatic N) is 4. The van der Waals surface area contributed by atoms with Crippen LogP contribution < -0.4 is 10.6 Å². The average molecular weight is 511 g/mol. The van der Waals surface area contributed by atoms with E-state index in [9.17, 15) is 13.6 Å². The molecule has 5 aromatic rings. The Kier molecular flexibility index (Phi) is 6.35. The van der Waals surface area contributed by atoms with Crippen LogP contribution in [0.15, 0.2) is 79.4 Å². The minimum atomic E-state index is -0.632. The van der Waals surface area contributed by atoms with Gasteiger partial charge in [0.2, 0.25) is 0 Å². The maximum atomic E-state index is 14.3. The first kappa shape index (κ1) is 23.9. The highest BCUT2D eigenvalue weighted by Gasteiger charge is 2.25. The van der Waals surface area contributed by atoms with Gasteiger partial charge in [0, 0.05) is 47.9 Å². The molecule has 1 atom stereocenters. The molecule has 1 saturated carbocycles. The lowest BCUT2D eigenvalue weighted by atomic mass is 10.0. The topological polar surface area (TPSA) is 84.2 Å². The number of anilines is 1. The van der Waals surface area contributed by atoms with Gasteiger partial charge in [0.05, 0.1) is 23.6 Å². The molecule has 6 rings (SSSR count). The number of benzene rings is 2. The van der Waals surface area contributed by atoms with Gasteiger partial charge >= 0.3 is 0 Å². The summed E-state index contributed by atoms with van der Waals surface area (Å²) in [6.07, 6.45) is 10.1. The van der Waals surface area contributed by atoms with Crippen LogP contribution in [0.2, 0.25) is 0 Å². The normalized spacial score (nSPS) is 13.9. The predicted octanol–water partition coefficient (Wildman–Crippen LogP) is 5.34. The van der Waals surface area contributed by atoms with Crippen LogP contribution in [0.3, 0.4) is 0 Å². The van der Waals surface area contributed by atoms with Gasteiger partial charge in [0.25, 0.3) is 0 Å². The van der Waals surface area contributed by atoms with Crippen LogP contribution in [-0.2, 0) is 11.3 Å². The third-order valence-electron chi connectivity index (χ3n) is 6.66. The Hall–Kier alpha value is -4.50. The van der Waals surface area contributed by atoms with Gasteiger partial charge in [-0.25, -0.2) is 18.7 Å². The molecule has 3 heterocycles. The molecule has 1 unspecified atom stereocenters. The molecule has 0 bridgehead atoms. The molecule has 0 radical (unpaired) electrons. The van der Waals surface area contributed by atoms with Crippen molar-refractivity contribution in [3.63, 3.8) is 0 Å². The fourth-order valence-electron chi connectivity index (χ4n) is 4.43. The fourth-order valence-corrected chi connectivity index (χ4v) is 4.43. The van der Waals surface area contributed by atoms with Crippen LogP contribution in [0.1, 0.15) is 30.0 Å². The van der Waals surface area contributed by atoms with E-state index >= 15 is 0 Å². The van der Waals surface area contributed by atoms with Crippen LogP contribution in [0.25, 0.3) is 28.2 Å². The third-order valence-corrected chi connectivity index (χ3v) is 6.66. The second-order valence-corrected chi connectivity index (χ2v) is 9.28. The molecule has 3 aromatic heterocycles. The molecule has 0 amide bonds. The van der Waals surface area contributed by atoms with E-state index in [0.29, 0.717) is 23.2 Å². The lowest BCUT2D eigenvalue weighted by molar-refractivity contribution is -0.109. The van der Waals surface area contributed by atoms with Crippen molar-refractivity contribution in [2.45, 2.75) is 31.5 Å². The van der Waals surface area contributed by atoms with Gasteiger partial charge in [0.1, 0.15) is 17.9 Å². The molecule has 2 N–H and O–H groups in total. The summed E-state index contributed by atoms with van der Waals surface area (Å²) in [5.74, 6) is -0.875. The lowest BCUT2D eigenvalue weighted by Crippen LogP contribution is -2.24. The van der Waals surface area contributed by atoms with E-state index in [2.05, 4.69) is 20.6 Å². The number of aldehydes is 1. The zero-order chi connectivity index (χ0) is 26.1. The summed E-state index contributed by atoms with van der Waals surface area (Å²) in [6, 6.07) is 15.3. The minimum Gasteiger partial charge on any atom is -0.363 e. The second kappa shape index (κ2) is 10.1. The Balaban J connectivity index is 1.39. The number of hydrogen-bond acceptors (Lipinski definition) is 6. The standard InChI is InChI=1S/C29H24F2N6O/c30-23-2-1-3-24(31)22(23)14-33-28-29-34-15-27(37(29)16-25(36-28)19-10-12-32-13-11-19)20-6-4-18(5-7-20)26(17-38)35-21-8-9-21/h1-7,10-13,15-17,21,26,35H,8-9,14H2,(H,33,36). The average Bonchev–Trinajstić information content (AvgIpc) is 3.67. The van der Waals surface area contributed by atoms with E-state index in [1.165, 1.54) is 18.2 Å². The Labute approximate surface area is 217 Å². The molecule has 0 saturated heterocycles. The van der Waals surface area contributed by atoms with Crippen LogP contribution in [-0.4, -0.2) is 31.7 Å². The summed E-state index contributed by atoms with van der Waals surface area (Å²) in [7, 11) is 0. The highest BCUT2D eigenvalue weighted by molar-refractivity contribution is 5.74. The summed E-state index contributed by atoms with van der Waals surface area (Å²) >= 11 is 0. The van der Waals surface area contributed by atoms with Crippen molar-refractivity contribution >= 4 is 17.8 Å². The molecule has 0 spiro atoms. The Morgan fingerprint density at radius 3 is 2.42 bits per heavy atom. The monoisotopic (exact) mass is 510 g/mol. The van der Waals surface area contributed by atoms with Crippen LogP contribution in [0.4, 0.5) is 14.6 Å². The molecule has 1 aliphatic carbocycles. The van der Waals surface area contributed by atoms with Gasteiger partial charge in [-0.3, -0.25) is 9.38 Å². The van der Waals surface area contributed by atoms with Gasteiger partial charge in [-0.1, -0.05) is 30.3 Å². The number of hydrogen-bond donors (Lipinski definition) is 2. The molecule has 1 fully saturated rings. The molecular weight excluding hydrogens is 486 g/mol. The number of halogens is 2. The van der Waals surface area contributed by atoms with Gasteiger partial charge in [-0.2, -0.15) is 0 Å². The predicted molar refractivity (Wildman–Crippen MR) is 140 cm³/mol. The Morgan fingerprint density at radius 1 is 1.00 bits per heavy atom. The SMILES string of the molecule is O=CC(NC1CC1)c1ccc(-c2cnc3c(NCc4c(F)cccc4F)nc(-c4ccncc4)cn23)cc1. The lowest BCUT2D eigenvalue weighted by Gasteiger charge is -2.14. The summed E-state index contributed by atoms with van der Waals surface area (Å²) in [6.45, 7) is -0.0983. The molecule has 0 aliphatic heterocycles. The zero-order valence-corrected chi connectivity index (χ0v) is 20.3. The number of rotatable bonds is 9. The maximum Gasteiger partial charge on any atom is 0.180 e. The van der Waals surface area contributed by atoms with E-state index in [-0.39, 0.29) is 18.2 Å². The van der Waals surface area contributed by atoms with E-state index in [1.807, 2.05) is 47.0 Å². The first-order valence-corrected chi connectivity index (χ1v) is 12.4. The van der Waals surface area contributed by atoms with Crippen LogP contribution in [0, 0.1) is 11.6 Å². The van der Waals surface area contributed by atoms with Gasteiger partial charge in [-0.15, -0.1) is 0 Å². The minimum absolute atomic E-state index is 0.0753. The summed E-state index contributed by atoms with van der Waals surface area (Å²) in [5.41, 5.74) is 4.52. The molecule has 2 aromatic carbocycles. The van der Waals surface area contributed by atoms with E-state index < -0.39 is 11.6 Å². The first-order valence-electron chi connectivity index (χ1n) is 12.4. The van der Waals surface area contributed by atoms with Crippen LogP contribution >= 0.6 is 0 Å². The number of pyridine rings is 1. The van der Waals surface area contributed by atoms with Crippen molar-refractivity contribution in [3.8, 4) is 22.5 Å². The molecule has 1 aliphatic rings. The first-order chi connectivity index (χ1) is 18.6.